The van der Waals surface area contributed by atoms with Gasteiger partial charge in [-0.15, -0.1) is 0 Å². The van der Waals surface area contributed by atoms with Crippen LogP contribution < -0.4 is 10.6 Å². The number of rotatable bonds is 29. The van der Waals surface area contributed by atoms with Gasteiger partial charge in [0.25, 0.3) is 0 Å². The average Bonchev–Trinajstić information content (AvgIpc) is 2.98. The molecule has 0 spiro atoms. The molecule has 48 heavy (non-hydrogen) atoms. The van der Waals surface area contributed by atoms with Crippen molar-refractivity contribution in [3.63, 3.8) is 0 Å². The molecule has 0 unspecified atom stereocenters. The molecule has 2 amide bonds. The Kier molecular flexibility index (Phi) is 27.9. The highest BCUT2D eigenvalue weighted by Crippen LogP contribution is 2.15. The fourth-order valence-electron chi connectivity index (χ4n) is 5.04. The lowest BCUT2D eigenvalue weighted by molar-refractivity contribution is -0.144. The van der Waals surface area contributed by atoms with Crippen LogP contribution in [0, 0.1) is 0 Å². The first kappa shape index (κ1) is 45.5. The molecule has 0 heterocycles. The van der Waals surface area contributed by atoms with E-state index in [1.807, 2.05) is 41.5 Å². The van der Waals surface area contributed by atoms with Crippen LogP contribution in [0.2, 0.25) is 0 Å². The maximum absolute atomic E-state index is 11.8. The Morgan fingerprint density at radius 2 is 0.646 bits per heavy atom. The number of amides is 2. The molecule has 0 radical (unpaired) electrons. The van der Waals surface area contributed by atoms with E-state index in [-0.39, 0.29) is 11.9 Å². The largest absolute Gasteiger partial charge is 0.466 e. The summed E-state index contributed by atoms with van der Waals surface area (Å²) >= 11 is 0. The van der Waals surface area contributed by atoms with E-state index in [4.69, 9.17) is 18.9 Å². The summed E-state index contributed by atoms with van der Waals surface area (Å²) in [5.41, 5.74) is -1.03. The highest BCUT2D eigenvalue weighted by molar-refractivity contribution is 5.70. The highest BCUT2D eigenvalue weighted by Gasteiger charge is 2.16. The molecule has 10 heteroatoms. The van der Waals surface area contributed by atoms with Crippen LogP contribution >= 0.6 is 0 Å². The van der Waals surface area contributed by atoms with Crippen molar-refractivity contribution in [2.75, 3.05) is 26.3 Å². The van der Waals surface area contributed by atoms with Crippen molar-refractivity contribution in [2.45, 2.75) is 194 Å². The number of esters is 2. The van der Waals surface area contributed by atoms with Gasteiger partial charge < -0.3 is 29.6 Å². The summed E-state index contributed by atoms with van der Waals surface area (Å²) in [6.07, 6.45) is 23.2. The summed E-state index contributed by atoms with van der Waals surface area (Å²) in [5, 5.41) is 5.32. The Morgan fingerprint density at radius 3 is 0.896 bits per heavy atom. The minimum atomic E-state index is -0.515. The highest BCUT2D eigenvalue weighted by atomic mass is 16.6. The zero-order valence-corrected chi connectivity index (χ0v) is 31.7. The van der Waals surface area contributed by atoms with Crippen LogP contribution in [0.3, 0.4) is 0 Å². The normalized spacial score (nSPS) is 11.5. The van der Waals surface area contributed by atoms with Gasteiger partial charge in [-0.2, -0.15) is 0 Å². The first-order chi connectivity index (χ1) is 22.8. The van der Waals surface area contributed by atoms with E-state index in [1.165, 1.54) is 89.9 Å². The zero-order valence-electron chi connectivity index (χ0n) is 31.7. The maximum Gasteiger partial charge on any atom is 0.407 e. The fraction of sp³-hybridized carbons (Fsp3) is 0.895. The molecule has 0 saturated heterocycles. The SMILES string of the molecule is CC(C)(C)OC(=O)NCCCOC(=O)CCCCCCCCCCCCCCCCCCCCC(=O)OCCCNC(=O)OC(C)(C)C. The third-order valence-corrected chi connectivity index (χ3v) is 7.52. The molecular formula is C38H72N2O8. The third kappa shape index (κ3) is 36.3. The van der Waals surface area contributed by atoms with Crippen LogP contribution in [0.4, 0.5) is 9.59 Å². The molecule has 282 valence electrons. The number of carbonyl (C=O) groups is 4. The quantitative estimate of drug-likeness (QED) is 0.0453. The zero-order chi connectivity index (χ0) is 35.9. The summed E-state index contributed by atoms with van der Waals surface area (Å²) in [4.78, 5) is 46.8. The van der Waals surface area contributed by atoms with E-state index < -0.39 is 23.4 Å². The van der Waals surface area contributed by atoms with Crippen molar-refractivity contribution in [3.8, 4) is 0 Å². The van der Waals surface area contributed by atoms with Crippen molar-refractivity contribution in [2.24, 2.45) is 0 Å². The van der Waals surface area contributed by atoms with Gasteiger partial charge >= 0.3 is 24.1 Å². The molecule has 0 fully saturated rings. The number of hydrogen-bond donors (Lipinski definition) is 2. The van der Waals surface area contributed by atoms with Crippen molar-refractivity contribution >= 4 is 24.1 Å². The summed E-state index contributed by atoms with van der Waals surface area (Å²) in [7, 11) is 0. The van der Waals surface area contributed by atoms with Gasteiger partial charge in [-0.1, -0.05) is 103 Å². The first-order valence-corrected chi connectivity index (χ1v) is 19.0. The lowest BCUT2D eigenvalue weighted by Gasteiger charge is -2.19. The van der Waals surface area contributed by atoms with Crippen LogP contribution in [0.15, 0.2) is 0 Å². The second kappa shape index (κ2) is 29.4. The Bertz CT molecular complexity index is 768. The van der Waals surface area contributed by atoms with Crippen molar-refractivity contribution < 1.29 is 38.1 Å². The molecule has 0 aromatic heterocycles. The topological polar surface area (TPSA) is 129 Å². The lowest BCUT2D eigenvalue weighted by Crippen LogP contribution is -2.33. The first-order valence-electron chi connectivity index (χ1n) is 19.0. The maximum atomic E-state index is 11.8. The number of alkyl carbamates (subject to hydrolysis) is 2. The second-order valence-corrected chi connectivity index (χ2v) is 14.9. The lowest BCUT2D eigenvalue weighted by atomic mass is 10.0. The van der Waals surface area contributed by atoms with Gasteiger partial charge in [0, 0.05) is 25.9 Å². The van der Waals surface area contributed by atoms with E-state index in [0.717, 1.165) is 25.7 Å². The molecule has 0 aromatic carbocycles. The van der Waals surface area contributed by atoms with E-state index in [1.54, 1.807) is 0 Å². The van der Waals surface area contributed by atoms with Crippen LogP contribution in [0.1, 0.15) is 183 Å². The van der Waals surface area contributed by atoms with Gasteiger partial charge in [0.15, 0.2) is 0 Å². The van der Waals surface area contributed by atoms with Crippen LogP contribution in [0.25, 0.3) is 0 Å². The minimum Gasteiger partial charge on any atom is -0.466 e. The van der Waals surface area contributed by atoms with Crippen LogP contribution in [0.5, 0.6) is 0 Å². The number of carbonyl (C=O) groups excluding carboxylic acids is 4. The fourth-order valence-corrected chi connectivity index (χ4v) is 5.04. The second-order valence-electron chi connectivity index (χ2n) is 14.9. The molecule has 0 aliphatic heterocycles. The molecule has 2 N–H and O–H groups in total. The molecule has 0 rings (SSSR count). The van der Waals surface area contributed by atoms with Crippen molar-refractivity contribution in [1.29, 1.82) is 0 Å². The average molecular weight is 685 g/mol. The summed E-state index contributed by atoms with van der Waals surface area (Å²) in [6, 6.07) is 0. The summed E-state index contributed by atoms with van der Waals surface area (Å²) in [6.45, 7) is 12.4. The van der Waals surface area contributed by atoms with E-state index in [0.29, 0.717) is 52.0 Å². The van der Waals surface area contributed by atoms with Crippen molar-refractivity contribution in [1.82, 2.24) is 10.6 Å². The minimum absolute atomic E-state index is 0.153. The molecule has 0 saturated carbocycles. The molecule has 10 nitrogen and oxygen atoms in total. The molecular weight excluding hydrogens is 612 g/mol. The van der Waals surface area contributed by atoms with Gasteiger partial charge in [-0.05, 0) is 67.2 Å². The van der Waals surface area contributed by atoms with Gasteiger partial charge in [0.2, 0.25) is 0 Å². The Labute approximate surface area is 292 Å². The number of unbranched alkanes of at least 4 members (excludes halogenated alkanes) is 17. The van der Waals surface area contributed by atoms with Gasteiger partial charge in [-0.25, -0.2) is 9.59 Å². The van der Waals surface area contributed by atoms with Gasteiger partial charge in [0.1, 0.15) is 11.2 Å². The monoisotopic (exact) mass is 685 g/mol. The van der Waals surface area contributed by atoms with Crippen LogP contribution in [-0.4, -0.2) is 61.6 Å². The Morgan fingerprint density at radius 1 is 0.396 bits per heavy atom. The van der Waals surface area contributed by atoms with E-state index >= 15 is 0 Å². The van der Waals surface area contributed by atoms with Crippen LogP contribution in [-0.2, 0) is 28.5 Å². The van der Waals surface area contributed by atoms with E-state index in [9.17, 15) is 19.2 Å². The smallest absolute Gasteiger partial charge is 0.407 e. The van der Waals surface area contributed by atoms with Gasteiger partial charge in [-0.3, -0.25) is 9.59 Å². The molecule has 0 atom stereocenters. The summed E-state index contributed by atoms with van der Waals surface area (Å²) in [5.74, 6) is -0.305. The predicted octanol–water partition coefficient (Wildman–Crippen LogP) is 9.70. The molecule has 0 aliphatic carbocycles. The van der Waals surface area contributed by atoms with E-state index in [2.05, 4.69) is 10.6 Å². The number of nitrogens with one attached hydrogen (secondary N) is 2. The molecule has 0 aliphatic rings. The molecule has 0 bridgehead atoms. The Balaban J connectivity index is 3.30. The van der Waals surface area contributed by atoms with Gasteiger partial charge in [0.05, 0.1) is 13.2 Å². The molecule has 0 aromatic rings. The summed E-state index contributed by atoms with van der Waals surface area (Å²) < 4.78 is 20.8. The van der Waals surface area contributed by atoms with Crippen molar-refractivity contribution in [3.05, 3.63) is 0 Å². The standard InChI is InChI=1S/C38H72N2O8/c1-37(2,3)47-35(43)39-29-25-31-45-33(41)27-23-21-19-17-15-13-11-9-7-8-10-12-14-16-18-20-22-24-28-34(42)46-32-26-30-40-36(44)48-38(4,5)6/h7-32H2,1-6H3,(H,39,43)(H,40,44). The Hall–Kier alpha value is -2.52. The number of ether oxygens (including phenoxy) is 4. The third-order valence-electron chi connectivity index (χ3n) is 7.52. The predicted molar refractivity (Wildman–Crippen MR) is 192 cm³/mol. The number of hydrogen-bond acceptors (Lipinski definition) is 8.